The number of aromatic carboxylic acids is 1. The monoisotopic (exact) mass is 864 g/mol. The van der Waals surface area contributed by atoms with Crippen molar-refractivity contribution in [3.8, 4) is 12.1 Å². The van der Waals surface area contributed by atoms with Crippen LogP contribution in [0, 0.1) is 22.7 Å². The number of nitrogens with zero attached hydrogens (tertiary/aromatic N) is 8. The van der Waals surface area contributed by atoms with Gasteiger partial charge in [-0.25, -0.2) is 26.4 Å². The van der Waals surface area contributed by atoms with E-state index in [1.54, 1.807) is 37.3 Å². The van der Waals surface area contributed by atoms with Crippen LogP contribution in [0.2, 0.25) is 10.0 Å². The molecule has 2 aromatic carbocycles. The van der Waals surface area contributed by atoms with Crippen LogP contribution in [0.4, 0.5) is 0 Å². The van der Waals surface area contributed by atoms with Gasteiger partial charge in [-0.1, -0.05) is 30.6 Å². The summed E-state index contributed by atoms with van der Waals surface area (Å²) in [5, 5.41) is 37.1. The number of carboxylic acid groups (broad SMARTS) is 1. The maximum absolute atomic E-state index is 12.2. The summed E-state index contributed by atoms with van der Waals surface area (Å²) in [6.07, 6.45) is 7.55. The zero-order chi connectivity index (χ0) is 39.5. The molecule has 17 nitrogen and oxygen atoms in total. The normalized spacial score (nSPS) is 10.8. The number of aromatic nitrogens is 6. The fraction of sp³-hybridized carbons (Fsp3) is 0.200. The minimum atomic E-state index is -3.56. The Hall–Kier alpha value is -4.96. The average molecular weight is 866 g/mol. The predicted molar refractivity (Wildman–Crippen MR) is 203 cm³/mol. The summed E-state index contributed by atoms with van der Waals surface area (Å²) in [7, 11) is -7.11. The van der Waals surface area contributed by atoms with E-state index < -0.39 is 31.6 Å². The van der Waals surface area contributed by atoms with E-state index in [1.165, 1.54) is 46.3 Å². The number of pyridine rings is 2. The predicted octanol–water partition coefficient (Wildman–Crippen LogP) is 2.15. The maximum Gasteiger partial charge on any atom is 1.00 e. The number of ether oxygens (including phenoxy) is 1. The fourth-order valence-electron chi connectivity index (χ4n) is 5.30. The largest absolute Gasteiger partial charge is 1.00 e. The molecule has 0 aliphatic rings. The third-order valence-corrected chi connectivity index (χ3v) is 10.1. The van der Waals surface area contributed by atoms with E-state index in [1.807, 2.05) is 6.07 Å². The Balaban J connectivity index is 0.000000375. The topological polar surface area (TPSA) is 271 Å². The van der Waals surface area contributed by atoms with Gasteiger partial charge in [-0.15, -0.1) is 0 Å². The van der Waals surface area contributed by atoms with Crippen molar-refractivity contribution in [1.82, 2.24) is 29.5 Å². The molecule has 0 aliphatic carbocycles. The molecule has 4 aromatic heterocycles. The van der Waals surface area contributed by atoms with E-state index in [0.717, 1.165) is 12.5 Å². The van der Waals surface area contributed by atoms with Gasteiger partial charge in [0.05, 0.1) is 50.6 Å². The summed E-state index contributed by atoms with van der Waals surface area (Å²) in [6, 6.07) is 13.2. The number of hydrogen-bond donors (Lipinski definition) is 1. The minimum absolute atomic E-state index is 0. The molecule has 57 heavy (non-hydrogen) atoms. The summed E-state index contributed by atoms with van der Waals surface area (Å²) >= 11 is 11.9. The molecular weight excluding hydrogens is 834 g/mol. The van der Waals surface area contributed by atoms with Gasteiger partial charge in [0, 0.05) is 48.1 Å². The molecule has 6 rings (SSSR count). The number of rotatable bonds is 9. The molecule has 292 valence electrons. The van der Waals surface area contributed by atoms with Gasteiger partial charge >= 0.3 is 41.5 Å². The number of carboxylic acids is 1. The quantitative estimate of drug-likeness (QED) is 0.161. The Bertz CT molecular complexity index is 2820. The minimum Gasteiger partial charge on any atom is -0.870 e. The van der Waals surface area contributed by atoms with Gasteiger partial charge < -0.3 is 15.3 Å². The van der Waals surface area contributed by atoms with Gasteiger partial charge in [0.25, 0.3) is 0 Å². The second-order valence-corrected chi connectivity index (χ2v) is 16.5. The SMILES string of the molecule is C.CCOC(=O)c1cn(Cc2cc(S(C)(=O)=O)c3ncc(Cl)cc3c2)nc1C#N.CS(=O)(=O)c1cc(Cn2cc(C(=O)O)c(C#N)n2)cc2cc(Cl)cnc12.[Na+].[OH-]. The second-order valence-electron chi connectivity index (χ2n) is 11.6. The first-order chi connectivity index (χ1) is 25.4. The Morgan fingerprint density at radius 1 is 0.772 bits per heavy atom. The Kier molecular flexibility index (Phi) is 16.5. The summed E-state index contributed by atoms with van der Waals surface area (Å²) in [5.74, 6) is -1.91. The number of carbonyl (C=O) groups is 2. The number of fused-ring (bicyclic) bond motifs is 2. The third kappa shape index (κ3) is 11.3. The molecule has 0 saturated carbocycles. The smallest absolute Gasteiger partial charge is 0.870 e. The molecule has 0 bridgehead atoms. The van der Waals surface area contributed by atoms with Crippen molar-refractivity contribution in [3.63, 3.8) is 0 Å². The Morgan fingerprint density at radius 2 is 1.18 bits per heavy atom. The molecule has 0 radical (unpaired) electrons. The second kappa shape index (κ2) is 19.5. The zero-order valence-electron chi connectivity index (χ0n) is 29.8. The molecule has 4 heterocycles. The van der Waals surface area contributed by atoms with Crippen molar-refractivity contribution in [3.05, 3.63) is 105 Å². The number of nitriles is 2. The Morgan fingerprint density at radius 3 is 1.53 bits per heavy atom. The van der Waals surface area contributed by atoms with Crippen molar-refractivity contribution in [2.45, 2.75) is 37.2 Å². The summed E-state index contributed by atoms with van der Waals surface area (Å²) < 4.78 is 56.2. The molecule has 0 fully saturated rings. The van der Waals surface area contributed by atoms with Crippen LogP contribution in [0.3, 0.4) is 0 Å². The van der Waals surface area contributed by atoms with Gasteiger partial charge in [0.2, 0.25) is 0 Å². The van der Waals surface area contributed by atoms with Crippen LogP contribution in [0.1, 0.15) is 57.6 Å². The summed E-state index contributed by atoms with van der Waals surface area (Å²) in [4.78, 5) is 31.4. The Labute approximate surface area is 358 Å². The molecule has 0 saturated heterocycles. The molecule has 0 amide bonds. The summed E-state index contributed by atoms with van der Waals surface area (Å²) in [5.41, 5.74) is 1.31. The average Bonchev–Trinajstić information content (AvgIpc) is 3.70. The van der Waals surface area contributed by atoms with Crippen LogP contribution in [-0.4, -0.2) is 88.0 Å². The number of hydrogen-bond acceptors (Lipinski definition) is 14. The molecule has 0 unspecified atom stereocenters. The number of carbonyl (C=O) groups excluding carboxylic acids is 1. The number of benzene rings is 2. The van der Waals surface area contributed by atoms with Crippen molar-refractivity contribution in [1.29, 1.82) is 10.5 Å². The first kappa shape index (κ1) is 48.2. The third-order valence-electron chi connectivity index (χ3n) is 7.50. The van der Waals surface area contributed by atoms with Gasteiger partial charge in [0.15, 0.2) is 31.1 Å². The van der Waals surface area contributed by atoms with Gasteiger partial charge in [-0.2, -0.15) is 20.7 Å². The molecule has 22 heteroatoms. The van der Waals surface area contributed by atoms with Crippen molar-refractivity contribution in [2.24, 2.45) is 0 Å². The maximum atomic E-state index is 12.2. The number of halogens is 2. The first-order valence-corrected chi connectivity index (χ1v) is 19.9. The van der Waals surface area contributed by atoms with E-state index in [-0.39, 0.29) is 94.5 Å². The molecule has 0 atom stereocenters. The van der Waals surface area contributed by atoms with E-state index in [4.69, 9.17) is 38.3 Å². The molecule has 6 aromatic rings. The van der Waals surface area contributed by atoms with E-state index in [0.29, 0.717) is 43.0 Å². The molecule has 2 N–H and O–H groups in total. The van der Waals surface area contributed by atoms with Crippen LogP contribution < -0.4 is 29.6 Å². The number of esters is 1. The van der Waals surface area contributed by atoms with Crippen molar-refractivity contribution in [2.75, 3.05) is 19.1 Å². The molecule has 0 aliphatic heterocycles. The first-order valence-electron chi connectivity index (χ1n) is 15.3. The van der Waals surface area contributed by atoms with Gasteiger partial charge in [-0.05, 0) is 54.4 Å². The van der Waals surface area contributed by atoms with Crippen LogP contribution >= 0.6 is 23.2 Å². The standard InChI is InChI=1S/C18H15ClN4O4S.C16H11ClN4O4S.CH4.Na.H2O/c1-3-27-18(24)14-10-23(22-15(14)7-20)9-11-4-12-6-13(19)8-21-17(12)16(5-11)28(2,25)26;1-26(24,25)14-3-9(2-10-4-11(17)6-19-15(10)14)7-21-8-12(16(22)23)13(5-18)20-21;;;/h4-6,8,10H,3,9H2,1-2H3;2-4,6,8H,7H2,1H3,(H,22,23);1H4;;1H2/q;;;+1;/p-1. The van der Waals surface area contributed by atoms with Crippen LogP contribution in [0.15, 0.2) is 71.0 Å². The van der Waals surface area contributed by atoms with E-state index in [2.05, 4.69) is 20.2 Å². The summed E-state index contributed by atoms with van der Waals surface area (Å²) in [6.45, 7) is 2.05. The van der Waals surface area contributed by atoms with Crippen molar-refractivity contribution < 1.29 is 71.3 Å². The van der Waals surface area contributed by atoms with Crippen LogP contribution in [0.5, 0.6) is 0 Å². The van der Waals surface area contributed by atoms with E-state index >= 15 is 0 Å². The van der Waals surface area contributed by atoms with Gasteiger partial charge in [0.1, 0.15) is 23.3 Å². The van der Waals surface area contributed by atoms with E-state index in [9.17, 15) is 31.7 Å². The fourth-order valence-corrected chi connectivity index (χ4v) is 7.41. The number of sulfone groups is 2. The molecular formula is C35H31Cl2N8NaO9S2. The van der Waals surface area contributed by atoms with Crippen molar-refractivity contribution >= 4 is 76.6 Å². The zero-order valence-corrected chi connectivity index (χ0v) is 34.9. The van der Waals surface area contributed by atoms with Gasteiger partial charge in [-0.3, -0.25) is 19.3 Å². The van der Waals surface area contributed by atoms with Crippen LogP contribution in [0.25, 0.3) is 21.8 Å². The van der Waals surface area contributed by atoms with Crippen LogP contribution in [-0.2, 0) is 37.5 Å². The molecule has 0 spiro atoms.